The summed E-state index contributed by atoms with van der Waals surface area (Å²) in [4.78, 5) is 27.7. The third-order valence-electron chi connectivity index (χ3n) is 4.99. The molecule has 0 heterocycles. The molecule has 0 aliphatic heterocycles. The highest BCUT2D eigenvalue weighted by atomic mass is 32.2. The van der Waals surface area contributed by atoms with Gasteiger partial charge < -0.3 is 10.2 Å². The maximum atomic E-state index is 13.2. The van der Waals surface area contributed by atoms with E-state index in [1.54, 1.807) is 16.7 Å². The number of hydrogen-bond donors (Lipinski definition) is 1. The molecule has 0 spiro atoms. The summed E-state index contributed by atoms with van der Waals surface area (Å²) in [5.41, 5.74) is 4.63. The predicted molar refractivity (Wildman–Crippen MR) is 126 cm³/mol. The largest absolute Gasteiger partial charge is 0.354 e. The molecule has 2 aromatic rings. The molecule has 2 amide bonds. The van der Waals surface area contributed by atoms with E-state index in [1.165, 1.54) is 11.1 Å². The summed E-state index contributed by atoms with van der Waals surface area (Å²) in [6.45, 7) is 9.18. The van der Waals surface area contributed by atoms with E-state index in [1.807, 2.05) is 39.0 Å². The van der Waals surface area contributed by atoms with Gasteiger partial charge in [-0.1, -0.05) is 73.5 Å². The number of aryl methyl sites for hydroxylation is 2. The molecule has 0 aliphatic rings. The van der Waals surface area contributed by atoms with Crippen LogP contribution in [0.5, 0.6) is 0 Å². The Bertz CT molecular complexity index is 820. The van der Waals surface area contributed by atoms with Crippen LogP contribution in [-0.4, -0.2) is 35.1 Å². The molecule has 0 fully saturated rings. The Morgan fingerprint density at radius 1 is 1.00 bits per heavy atom. The van der Waals surface area contributed by atoms with Crippen LogP contribution in [0.15, 0.2) is 48.5 Å². The smallest absolute Gasteiger partial charge is 0.242 e. The molecule has 0 aliphatic carbocycles. The lowest BCUT2D eigenvalue weighted by molar-refractivity contribution is -0.139. The highest BCUT2D eigenvalue weighted by Crippen LogP contribution is 2.18. The Labute approximate surface area is 185 Å². The molecule has 162 valence electrons. The van der Waals surface area contributed by atoms with Gasteiger partial charge in [-0.15, -0.1) is 11.8 Å². The highest BCUT2D eigenvalue weighted by molar-refractivity contribution is 7.99. The van der Waals surface area contributed by atoms with Crippen molar-refractivity contribution in [2.75, 3.05) is 12.3 Å². The first-order chi connectivity index (χ1) is 14.4. The van der Waals surface area contributed by atoms with Crippen molar-refractivity contribution in [3.8, 4) is 0 Å². The maximum absolute atomic E-state index is 13.2. The standard InChI is InChI=1S/C25H34N2O2S/c1-5-14-26-25(29)23(6-2)27(16-22-9-7-8-20(4)15-22)24(28)18-30-17-21-12-10-19(3)11-13-21/h7-13,15,23H,5-6,14,16-18H2,1-4H3,(H,26,29)/t23-/m1/s1. The number of nitrogens with one attached hydrogen (secondary N) is 1. The van der Waals surface area contributed by atoms with E-state index in [0.29, 0.717) is 25.3 Å². The Balaban J connectivity index is 2.10. The zero-order chi connectivity index (χ0) is 21.9. The van der Waals surface area contributed by atoms with Crippen LogP contribution in [0.2, 0.25) is 0 Å². The summed E-state index contributed by atoms with van der Waals surface area (Å²) in [5, 5.41) is 2.96. The van der Waals surface area contributed by atoms with E-state index in [-0.39, 0.29) is 11.8 Å². The first kappa shape index (κ1) is 24.0. The van der Waals surface area contributed by atoms with Gasteiger partial charge in [-0.3, -0.25) is 9.59 Å². The molecule has 30 heavy (non-hydrogen) atoms. The average Bonchev–Trinajstić information content (AvgIpc) is 2.73. The third-order valence-corrected chi connectivity index (χ3v) is 5.97. The van der Waals surface area contributed by atoms with Gasteiger partial charge in [-0.2, -0.15) is 0 Å². The fourth-order valence-corrected chi connectivity index (χ4v) is 4.19. The van der Waals surface area contributed by atoms with Crippen molar-refractivity contribution in [1.29, 1.82) is 0 Å². The van der Waals surface area contributed by atoms with Crippen molar-refractivity contribution >= 4 is 23.6 Å². The number of carbonyl (C=O) groups is 2. The average molecular weight is 427 g/mol. The van der Waals surface area contributed by atoms with Gasteiger partial charge in [0.05, 0.1) is 5.75 Å². The maximum Gasteiger partial charge on any atom is 0.242 e. The fraction of sp³-hybridized carbons (Fsp3) is 0.440. The van der Waals surface area contributed by atoms with Gasteiger partial charge in [-0.25, -0.2) is 0 Å². The summed E-state index contributed by atoms with van der Waals surface area (Å²) >= 11 is 1.60. The molecule has 1 N–H and O–H groups in total. The number of rotatable bonds is 11. The van der Waals surface area contributed by atoms with E-state index < -0.39 is 6.04 Å². The number of amides is 2. The van der Waals surface area contributed by atoms with Crippen LogP contribution in [0, 0.1) is 13.8 Å². The molecule has 0 bridgehead atoms. The summed E-state index contributed by atoms with van der Waals surface area (Å²) < 4.78 is 0. The van der Waals surface area contributed by atoms with Crippen molar-refractivity contribution in [2.45, 2.75) is 58.9 Å². The van der Waals surface area contributed by atoms with Crippen molar-refractivity contribution in [3.63, 3.8) is 0 Å². The van der Waals surface area contributed by atoms with Gasteiger partial charge in [0, 0.05) is 18.8 Å². The lowest BCUT2D eigenvalue weighted by atomic mass is 10.1. The second-order valence-corrected chi connectivity index (χ2v) is 8.69. The van der Waals surface area contributed by atoms with Gasteiger partial charge in [0.15, 0.2) is 0 Å². The molecule has 4 nitrogen and oxygen atoms in total. The van der Waals surface area contributed by atoms with Crippen LogP contribution < -0.4 is 5.32 Å². The minimum Gasteiger partial charge on any atom is -0.354 e. The molecule has 5 heteroatoms. The van der Waals surface area contributed by atoms with E-state index in [2.05, 4.69) is 42.6 Å². The summed E-state index contributed by atoms with van der Waals surface area (Å²) in [5.74, 6) is 1.08. The highest BCUT2D eigenvalue weighted by Gasteiger charge is 2.28. The summed E-state index contributed by atoms with van der Waals surface area (Å²) in [6.07, 6.45) is 1.47. The van der Waals surface area contributed by atoms with Crippen molar-refractivity contribution in [3.05, 3.63) is 70.8 Å². The lowest BCUT2D eigenvalue weighted by Crippen LogP contribution is -2.49. The Hall–Kier alpha value is -2.27. The predicted octanol–water partition coefficient (Wildman–Crippen LogP) is 4.87. The van der Waals surface area contributed by atoms with E-state index in [4.69, 9.17) is 0 Å². The molecular formula is C25H34N2O2S. The Morgan fingerprint density at radius 3 is 2.37 bits per heavy atom. The monoisotopic (exact) mass is 426 g/mol. The van der Waals surface area contributed by atoms with Crippen LogP contribution in [0.3, 0.4) is 0 Å². The van der Waals surface area contributed by atoms with E-state index in [9.17, 15) is 9.59 Å². The van der Waals surface area contributed by atoms with Crippen LogP contribution in [0.1, 0.15) is 48.9 Å². The SMILES string of the molecule is CCCNC(=O)[C@@H](CC)N(Cc1cccc(C)c1)C(=O)CSCc1ccc(C)cc1. The number of nitrogens with zero attached hydrogens (tertiary/aromatic N) is 1. The van der Waals surface area contributed by atoms with Gasteiger partial charge in [0.25, 0.3) is 0 Å². The molecular weight excluding hydrogens is 392 g/mol. The number of hydrogen-bond acceptors (Lipinski definition) is 3. The quantitative estimate of drug-likeness (QED) is 0.558. The van der Waals surface area contributed by atoms with Crippen molar-refractivity contribution in [2.24, 2.45) is 0 Å². The molecule has 0 saturated heterocycles. The second kappa shape index (κ2) is 12.4. The number of benzene rings is 2. The second-order valence-electron chi connectivity index (χ2n) is 7.70. The zero-order valence-electron chi connectivity index (χ0n) is 18.6. The topological polar surface area (TPSA) is 49.4 Å². The number of thioether (sulfide) groups is 1. The Morgan fingerprint density at radius 2 is 1.73 bits per heavy atom. The van der Waals surface area contributed by atoms with E-state index >= 15 is 0 Å². The minimum atomic E-state index is -0.454. The molecule has 2 rings (SSSR count). The third kappa shape index (κ3) is 7.52. The van der Waals surface area contributed by atoms with Crippen molar-refractivity contribution < 1.29 is 9.59 Å². The molecule has 0 radical (unpaired) electrons. The summed E-state index contributed by atoms with van der Waals surface area (Å²) in [7, 11) is 0. The van der Waals surface area contributed by atoms with E-state index in [0.717, 1.165) is 23.3 Å². The molecule has 2 aromatic carbocycles. The van der Waals surface area contributed by atoms with Gasteiger partial charge >= 0.3 is 0 Å². The number of carbonyl (C=O) groups excluding carboxylic acids is 2. The summed E-state index contributed by atoms with van der Waals surface area (Å²) in [6, 6.07) is 16.1. The van der Waals surface area contributed by atoms with Gasteiger partial charge in [-0.05, 0) is 37.8 Å². The van der Waals surface area contributed by atoms with Gasteiger partial charge in [0.2, 0.25) is 11.8 Å². The normalized spacial score (nSPS) is 11.7. The van der Waals surface area contributed by atoms with Crippen LogP contribution in [0.4, 0.5) is 0 Å². The van der Waals surface area contributed by atoms with Gasteiger partial charge in [0.1, 0.15) is 6.04 Å². The van der Waals surface area contributed by atoms with Crippen LogP contribution >= 0.6 is 11.8 Å². The molecule has 0 saturated carbocycles. The van der Waals surface area contributed by atoms with Crippen LogP contribution in [-0.2, 0) is 21.9 Å². The van der Waals surface area contributed by atoms with Crippen LogP contribution in [0.25, 0.3) is 0 Å². The van der Waals surface area contributed by atoms with Crippen molar-refractivity contribution in [1.82, 2.24) is 10.2 Å². The first-order valence-electron chi connectivity index (χ1n) is 10.7. The fourth-order valence-electron chi connectivity index (χ4n) is 3.32. The molecule has 0 aromatic heterocycles. The zero-order valence-corrected chi connectivity index (χ0v) is 19.4. The molecule has 1 atom stereocenters. The lowest BCUT2D eigenvalue weighted by Gasteiger charge is -2.30. The first-order valence-corrected chi connectivity index (χ1v) is 11.9. The molecule has 0 unspecified atom stereocenters. The minimum absolute atomic E-state index is 0.00659. The Kier molecular flexibility index (Phi) is 9.95.